The molecule has 26 heavy (non-hydrogen) atoms. The zero-order valence-electron chi connectivity index (χ0n) is 14.7. The van der Waals surface area contributed by atoms with E-state index in [4.69, 9.17) is 0 Å². The Morgan fingerprint density at radius 3 is 2.35 bits per heavy atom. The lowest BCUT2D eigenvalue weighted by Gasteiger charge is -2.19. The molecular formula is C19H21N3O2S2. The number of anilines is 2. The number of benzene rings is 1. The minimum atomic E-state index is -3.52. The van der Waals surface area contributed by atoms with Crippen molar-refractivity contribution in [3.8, 4) is 0 Å². The summed E-state index contributed by atoms with van der Waals surface area (Å²) in [5.74, 6) is 0. The van der Waals surface area contributed by atoms with Crippen LogP contribution < -0.4 is 9.62 Å². The van der Waals surface area contributed by atoms with Crippen molar-refractivity contribution in [2.75, 3.05) is 23.2 Å². The molecule has 2 heterocycles. The first-order valence-corrected chi connectivity index (χ1v) is 10.5. The van der Waals surface area contributed by atoms with Gasteiger partial charge < -0.3 is 4.90 Å². The Kier molecular flexibility index (Phi) is 5.58. The average Bonchev–Trinajstić information content (AvgIpc) is 3.08. The first kappa shape index (κ1) is 18.4. The Bertz CT molecular complexity index is 952. The van der Waals surface area contributed by atoms with Crippen molar-refractivity contribution in [3.05, 3.63) is 71.4 Å². The zero-order valence-corrected chi connectivity index (χ0v) is 16.3. The number of pyridine rings is 1. The van der Waals surface area contributed by atoms with E-state index in [2.05, 4.69) is 14.6 Å². The van der Waals surface area contributed by atoms with Gasteiger partial charge >= 0.3 is 0 Å². The molecule has 0 saturated heterocycles. The molecule has 136 valence electrons. The van der Waals surface area contributed by atoms with Crippen molar-refractivity contribution in [2.24, 2.45) is 0 Å². The van der Waals surface area contributed by atoms with Crippen molar-refractivity contribution in [1.82, 2.24) is 4.98 Å². The normalized spacial score (nSPS) is 11.3. The Morgan fingerprint density at radius 1 is 1.04 bits per heavy atom. The molecule has 5 nitrogen and oxygen atoms in total. The van der Waals surface area contributed by atoms with Crippen LogP contribution in [0.5, 0.6) is 0 Å². The minimum Gasteiger partial charge on any atom is -0.374 e. The second-order valence-electron chi connectivity index (χ2n) is 6.04. The van der Waals surface area contributed by atoms with E-state index in [1.807, 2.05) is 38.2 Å². The quantitative estimate of drug-likeness (QED) is 0.667. The van der Waals surface area contributed by atoms with Crippen molar-refractivity contribution in [1.29, 1.82) is 0 Å². The summed E-state index contributed by atoms with van der Waals surface area (Å²) in [6.07, 6.45) is 4.52. The van der Waals surface area contributed by atoms with E-state index in [9.17, 15) is 8.42 Å². The number of hydrogen-bond acceptors (Lipinski definition) is 5. The molecule has 2 aromatic heterocycles. The third-order valence-electron chi connectivity index (χ3n) is 4.03. The smallest absolute Gasteiger partial charge is 0.271 e. The van der Waals surface area contributed by atoms with E-state index < -0.39 is 10.0 Å². The number of aryl methyl sites for hydroxylation is 1. The van der Waals surface area contributed by atoms with Gasteiger partial charge in [0.05, 0.1) is 0 Å². The van der Waals surface area contributed by atoms with Crippen LogP contribution in [0.3, 0.4) is 0 Å². The Labute approximate surface area is 158 Å². The fraction of sp³-hybridized carbons (Fsp3) is 0.211. The maximum atomic E-state index is 12.4. The Balaban J connectivity index is 1.62. The van der Waals surface area contributed by atoms with E-state index in [0.717, 1.165) is 23.5 Å². The van der Waals surface area contributed by atoms with Crippen LogP contribution in [-0.2, 0) is 16.4 Å². The molecule has 0 saturated carbocycles. The van der Waals surface area contributed by atoms with Crippen molar-refractivity contribution < 1.29 is 8.42 Å². The van der Waals surface area contributed by atoms with Gasteiger partial charge in [0.25, 0.3) is 10.0 Å². The summed E-state index contributed by atoms with van der Waals surface area (Å²) in [5, 5.41) is 0. The molecule has 1 aromatic carbocycles. The van der Waals surface area contributed by atoms with Crippen LogP contribution in [0.15, 0.2) is 65.1 Å². The highest BCUT2D eigenvalue weighted by Gasteiger charge is 2.16. The molecule has 0 bridgehead atoms. The van der Waals surface area contributed by atoms with Crippen LogP contribution in [-0.4, -0.2) is 27.0 Å². The van der Waals surface area contributed by atoms with Gasteiger partial charge in [0, 0.05) is 42.2 Å². The predicted octanol–water partition coefficient (Wildman–Crippen LogP) is 3.93. The van der Waals surface area contributed by atoms with E-state index in [1.54, 1.807) is 36.7 Å². The van der Waals surface area contributed by atoms with Crippen LogP contribution in [0.2, 0.25) is 0 Å². The molecule has 0 aliphatic rings. The summed E-state index contributed by atoms with van der Waals surface area (Å²) < 4.78 is 27.7. The highest BCUT2D eigenvalue weighted by atomic mass is 32.2. The highest BCUT2D eigenvalue weighted by Crippen LogP contribution is 2.24. The first-order valence-electron chi connectivity index (χ1n) is 8.23. The van der Waals surface area contributed by atoms with Gasteiger partial charge in [0.15, 0.2) is 0 Å². The molecule has 0 unspecified atom stereocenters. The maximum absolute atomic E-state index is 12.4. The van der Waals surface area contributed by atoms with Crippen molar-refractivity contribution in [2.45, 2.75) is 17.6 Å². The summed E-state index contributed by atoms with van der Waals surface area (Å²) in [4.78, 5) is 7.13. The van der Waals surface area contributed by atoms with E-state index in [1.165, 1.54) is 16.9 Å². The SMILES string of the molecule is Cc1ccc(S(=O)(=O)Nc2ccc(N(C)CCc3ccncc3)cc2)s1. The van der Waals surface area contributed by atoms with Gasteiger partial charge in [-0.15, -0.1) is 11.3 Å². The molecule has 0 radical (unpaired) electrons. The van der Waals surface area contributed by atoms with Gasteiger partial charge in [0.1, 0.15) is 4.21 Å². The number of aromatic nitrogens is 1. The summed E-state index contributed by atoms with van der Waals surface area (Å²) in [5.41, 5.74) is 2.83. The second kappa shape index (κ2) is 7.88. The zero-order chi connectivity index (χ0) is 18.6. The van der Waals surface area contributed by atoms with Crippen LogP contribution in [0, 0.1) is 6.92 Å². The molecule has 3 aromatic rings. The van der Waals surface area contributed by atoms with E-state index in [0.29, 0.717) is 9.90 Å². The molecule has 1 N–H and O–H groups in total. The molecule has 0 fully saturated rings. The molecule has 0 spiro atoms. The molecule has 0 atom stereocenters. The first-order chi connectivity index (χ1) is 12.4. The topological polar surface area (TPSA) is 62.3 Å². The molecule has 0 aliphatic carbocycles. The Hall–Kier alpha value is -2.38. The van der Waals surface area contributed by atoms with Gasteiger partial charge in [-0.2, -0.15) is 0 Å². The largest absolute Gasteiger partial charge is 0.374 e. The van der Waals surface area contributed by atoms with Crippen molar-refractivity contribution >= 4 is 32.7 Å². The Morgan fingerprint density at radius 2 is 1.73 bits per heavy atom. The monoisotopic (exact) mass is 387 g/mol. The standard InChI is InChI=1S/C19H21N3O2S2/c1-15-3-8-19(25-15)26(23,24)21-17-4-6-18(7-5-17)22(2)14-11-16-9-12-20-13-10-16/h3-10,12-13,21H,11,14H2,1-2H3. The van der Waals surface area contributed by atoms with Crippen LogP contribution in [0.4, 0.5) is 11.4 Å². The minimum absolute atomic E-state index is 0.327. The second-order valence-corrected chi connectivity index (χ2v) is 9.24. The van der Waals surface area contributed by atoms with Gasteiger partial charge in [-0.25, -0.2) is 8.42 Å². The number of hydrogen-bond donors (Lipinski definition) is 1. The molecule has 0 amide bonds. The summed E-state index contributed by atoms with van der Waals surface area (Å²) >= 11 is 1.26. The maximum Gasteiger partial charge on any atom is 0.271 e. The van der Waals surface area contributed by atoms with E-state index >= 15 is 0 Å². The average molecular weight is 388 g/mol. The van der Waals surface area contributed by atoms with Crippen LogP contribution in [0.25, 0.3) is 0 Å². The predicted molar refractivity (Wildman–Crippen MR) is 108 cm³/mol. The third-order valence-corrected chi connectivity index (χ3v) is 6.90. The number of sulfonamides is 1. The van der Waals surface area contributed by atoms with Crippen molar-refractivity contribution in [3.63, 3.8) is 0 Å². The molecule has 0 aliphatic heterocycles. The molecule has 3 rings (SSSR count). The number of rotatable bonds is 7. The lowest BCUT2D eigenvalue weighted by atomic mass is 10.2. The molecular weight excluding hydrogens is 366 g/mol. The molecule has 7 heteroatoms. The number of thiophene rings is 1. The lowest BCUT2D eigenvalue weighted by Crippen LogP contribution is -2.20. The summed E-state index contributed by atoms with van der Waals surface area (Å²) in [7, 11) is -1.50. The highest BCUT2D eigenvalue weighted by molar-refractivity contribution is 7.94. The fourth-order valence-corrected chi connectivity index (χ4v) is 4.86. The lowest BCUT2D eigenvalue weighted by molar-refractivity contribution is 0.603. The number of likely N-dealkylation sites (N-methyl/N-ethyl adjacent to an activating group) is 1. The van der Waals surface area contributed by atoms with Gasteiger partial charge in [-0.05, 0) is 67.4 Å². The number of nitrogens with one attached hydrogen (secondary N) is 1. The van der Waals surface area contributed by atoms with Crippen LogP contribution in [0.1, 0.15) is 10.4 Å². The van der Waals surface area contributed by atoms with E-state index in [-0.39, 0.29) is 0 Å². The van der Waals surface area contributed by atoms with Gasteiger partial charge in [-0.1, -0.05) is 0 Å². The third kappa shape index (κ3) is 4.62. The fourth-order valence-electron chi connectivity index (χ4n) is 2.52. The van der Waals surface area contributed by atoms with Gasteiger partial charge in [-0.3, -0.25) is 9.71 Å². The van der Waals surface area contributed by atoms with Gasteiger partial charge in [0.2, 0.25) is 0 Å². The number of nitrogens with zero attached hydrogens (tertiary/aromatic N) is 2. The van der Waals surface area contributed by atoms with Crippen LogP contribution >= 0.6 is 11.3 Å². The summed E-state index contributed by atoms with van der Waals surface area (Å²) in [6.45, 7) is 2.75. The summed E-state index contributed by atoms with van der Waals surface area (Å²) in [6, 6.07) is 14.9.